The highest BCUT2D eigenvalue weighted by atomic mass is 16.1. The fourth-order valence-electron chi connectivity index (χ4n) is 1.35. The van der Waals surface area contributed by atoms with E-state index < -0.39 is 0 Å². The van der Waals surface area contributed by atoms with Gasteiger partial charge in [0, 0.05) is 19.2 Å². The average molecular weight is 193 g/mol. The van der Waals surface area contributed by atoms with Gasteiger partial charge in [-0.05, 0) is 25.7 Å². The summed E-state index contributed by atoms with van der Waals surface area (Å²) in [6.45, 7) is 3.50. The van der Waals surface area contributed by atoms with Crippen molar-refractivity contribution in [1.82, 2.24) is 9.78 Å². The molecule has 1 fully saturated rings. The predicted octanol–water partition coefficient (Wildman–Crippen LogP) is 1.09. The van der Waals surface area contributed by atoms with E-state index in [-0.39, 0.29) is 5.56 Å². The van der Waals surface area contributed by atoms with Crippen molar-refractivity contribution >= 4 is 5.69 Å². The van der Waals surface area contributed by atoms with Gasteiger partial charge in [-0.3, -0.25) is 4.79 Å². The second kappa shape index (κ2) is 3.82. The Bertz CT molecular complexity index is 368. The van der Waals surface area contributed by atoms with Crippen LogP contribution in [0.1, 0.15) is 19.8 Å². The van der Waals surface area contributed by atoms with Gasteiger partial charge in [0.05, 0.1) is 11.9 Å². The van der Waals surface area contributed by atoms with E-state index in [1.165, 1.54) is 17.5 Å². The Morgan fingerprint density at radius 1 is 1.64 bits per heavy atom. The van der Waals surface area contributed by atoms with Gasteiger partial charge in [-0.2, -0.15) is 5.10 Å². The van der Waals surface area contributed by atoms with Crippen molar-refractivity contribution in [1.29, 1.82) is 0 Å². The van der Waals surface area contributed by atoms with Crippen LogP contribution in [0.4, 0.5) is 5.69 Å². The fraction of sp³-hybridized carbons (Fsp3) is 0.600. The molecule has 1 aliphatic rings. The minimum absolute atomic E-state index is 0.0340. The summed E-state index contributed by atoms with van der Waals surface area (Å²) in [5, 5.41) is 7.26. The van der Waals surface area contributed by atoms with E-state index in [2.05, 4.69) is 10.4 Å². The number of nitrogens with zero attached hydrogens (tertiary/aromatic N) is 2. The lowest BCUT2D eigenvalue weighted by atomic mass is 10.4. The minimum Gasteiger partial charge on any atom is -0.383 e. The monoisotopic (exact) mass is 193 g/mol. The number of nitrogens with one attached hydrogen (secondary N) is 1. The molecule has 1 heterocycles. The summed E-state index contributed by atoms with van der Waals surface area (Å²) < 4.78 is 1.45. The maximum absolute atomic E-state index is 11.4. The fourth-order valence-corrected chi connectivity index (χ4v) is 1.35. The van der Waals surface area contributed by atoms with Gasteiger partial charge in [0.15, 0.2) is 0 Å². The lowest BCUT2D eigenvalue weighted by molar-refractivity contribution is 0.616. The van der Waals surface area contributed by atoms with Gasteiger partial charge >= 0.3 is 0 Å². The minimum atomic E-state index is -0.0340. The van der Waals surface area contributed by atoms with Crippen LogP contribution in [0.3, 0.4) is 0 Å². The van der Waals surface area contributed by atoms with Crippen LogP contribution in [-0.4, -0.2) is 16.3 Å². The van der Waals surface area contributed by atoms with Crippen LogP contribution < -0.4 is 10.9 Å². The van der Waals surface area contributed by atoms with Gasteiger partial charge in [-0.15, -0.1) is 0 Å². The van der Waals surface area contributed by atoms with Crippen molar-refractivity contribution in [3.63, 3.8) is 0 Å². The summed E-state index contributed by atoms with van der Waals surface area (Å²) in [5.74, 6) is 0.809. The molecule has 1 aromatic rings. The Hall–Kier alpha value is -1.32. The SMILES string of the molecule is CCn1ncc(NCC2CC2)cc1=O. The van der Waals surface area contributed by atoms with Gasteiger partial charge in [-0.25, -0.2) is 4.68 Å². The van der Waals surface area contributed by atoms with E-state index in [1.54, 1.807) is 12.3 Å². The van der Waals surface area contributed by atoms with E-state index >= 15 is 0 Å². The molecule has 76 valence electrons. The summed E-state index contributed by atoms with van der Waals surface area (Å²) >= 11 is 0. The maximum atomic E-state index is 11.4. The summed E-state index contributed by atoms with van der Waals surface area (Å²) in [5.41, 5.74) is 0.805. The normalized spacial score (nSPS) is 15.5. The van der Waals surface area contributed by atoms with Crippen molar-refractivity contribution in [2.75, 3.05) is 11.9 Å². The van der Waals surface area contributed by atoms with Crippen LogP contribution in [0.15, 0.2) is 17.1 Å². The third kappa shape index (κ3) is 2.13. The van der Waals surface area contributed by atoms with Crippen LogP contribution in [0.25, 0.3) is 0 Å². The maximum Gasteiger partial charge on any atom is 0.268 e. The van der Waals surface area contributed by atoms with E-state index in [0.29, 0.717) is 6.54 Å². The number of hydrogen-bond donors (Lipinski definition) is 1. The highest BCUT2D eigenvalue weighted by Crippen LogP contribution is 2.28. The molecule has 0 amide bonds. The first-order valence-electron chi connectivity index (χ1n) is 5.10. The number of aromatic nitrogens is 2. The number of hydrogen-bond acceptors (Lipinski definition) is 3. The predicted molar refractivity (Wildman–Crippen MR) is 55.4 cm³/mol. The molecule has 4 nitrogen and oxygen atoms in total. The van der Waals surface area contributed by atoms with Crippen LogP contribution in [0, 0.1) is 5.92 Å². The third-order valence-corrected chi connectivity index (χ3v) is 2.46. The molecule has 1 saturated carbocycles. The highest BCUT2D eigenvalue weighted by molar-refractivity contribution is 5.38. The molecule has 14 heavy (non-hydrogen) atoms. The van der Waals surface area contributed by atoms with Gasteiger partial charge < -0.3 is 5.32 Å². The molecule has 1 aliphatic carbocycles. The summed E-state index contributed by atoms with van der Waals surface area (Å²) in [4.78, 5) is 11.4. The van der Waals surface area contributed by atoms with Crippen LogP contribution >= 0.6 is 0 Å². The zero-order valence-corrected chi connectivity index (χ0v) is 8.36. The zero-order chi connectivity index (χ0) is 9.97. The molecule has 0 spiro atoms. The molecular weight excluding hydrogens is 178 g/mol. The molecular formula is C10H15N3O. The quantitative estimate of drug-likeness (QED) is 0.778. The molecule has 0 saturated heterocycles. The smallest absolute Gasteiger partial charge is 0.268 e. The number of anilines is 1. The molecule has 0 bridgehead atoms. The first-order chi connectivity index (χ1) is 6.79. The van der Waals surface area contributed by atoms with Gasteiger partial charge in [0.25, 0.3) is 5.56 Å². The standard InChI is InChI=1S/C10H15N3O/c1-2-13-10(14)5-9(7-12-13)11-6-8-3-4-8/h5,7-8,11H,2-4,6H2,1H3. The summed E-state index contributed by atoms with van der Waals surface area (Å²) in [7, 11) is 0. The topological polar surface area (TPSA) is 46.9 Å². The summed E-state index contributed by atoms with van der Waals surface area (Å²) in [6.07, 6.45) is 4.34. The number of rotatable bonds is 4. The number of aryl methyl sites for hydroxylation is 1. The largest absolute Gasteiger partial charge is 0.383 e. The Kier molecular flexibility index (Phi) is 2.52. The molecule has 0 atom stereocenters. The Morgan fingerprint density at radius 3 is 3.00 bits per heavy atom. The first-order valence-corrected chi connectivity index (χ1v) is 5.10. The van der Waals surface area contributed by atoms with E-state index in [4.69, 9.17) is 0 Å². The van der Waals surface area contributed by atoms with Crippen molar-refractivity contribution in [2.24, 2.45) is 5.92 Å². The zero-order valence-electron chi connectivity index (χ0n) is 8.36. The average Bonchev–Trinajstić information content (AvgIpc) is 2.98. The first kappa shape index (κ1) is 9.24. The van der Waals surface area contributed by atoms with Gasteiger partial charge in [-0.1, -0.05) is 0 Å². The molecule has 0 radical (unpaired) electrons. The lowest BCUT2D eigenvalue weighted by Gasteiger charge is -2.05. The molecule has 0 aliphatic heterocycles. The van der Waals surface area contributed by atoms with Crippen molar-refractivity contribution < 1.29 is 0 Å². The van der Waals surface area contributed by atoms with Crippen LogP contribution in [0.5, 0.6) is 0 Å². The Labute approximate surface area is 82.9 Å². The molecule has 1 N–H and O–H groups in total. The molecule has 2 rings (SSSR count). The molecule has 4 heteroatoms. The lowest BCUT2D eigenvalue weighted by Crippen LogP contribution is -2.21. The Morgan fingerprint density at radius 2 is 2.43 bits per heavy atom. The van der Waals surface area contributed by atoms with Crippen molar-refractivity contribution in [3.05, 3.63) is 22.6 Å². The second-order valence-corrected chi connectivity index (χ2v) is 3.72. The van der Waals surface area contributed by atoms with E-state index in [9.17, 15) is 4.79 Å². The van der Waals surface area contributed by atoms with Crippen LogP contribution in [-0.2, 0) is 6.54 Å². The highest BCUT2D eigenvalue weighted by Gasteiger charge is 2.20. The van der Waals surface area contributed by atoms with Crippen LogP contribution in [0.2, 0.25) is 0 Å². The van der Waals surface area contributed by atoms with Gasteiger partial charge in [0.1, 0.15) is 0 Å². The summed E-state index contributed by atoms with van der Waals surface area (Å²) in [6, 6.07) is 1.61. The van der Waals surface area contributed by atoms with E-state index in [0.717, 1.165) is 18.2 Å². The second-order valence-electron chi connectivity index (χ2n) is 3.72. The molecule has 1 aromatic heterocycles. The van der Waals surface area contributed by atoms with Crippen molar-refractivity contribution in [2.45, 2.75) is 26.3 Å². The third-order valence-electron chi connectivity index (χ3n) is 2.46. The molecule has 0 unspecified atom stereocenters. The Balaban J connectivity index is 2.03. The molecule has 0 aromatic carbocycles. The van der Waals surface area contributed by atoms with E-state index in [1.807, 2.05) is 6.92 Å². The van der Waals surface area contributed by atoms with Gasteiger partial charge in [0.2, 0.25) is 0 Å². The van der Waals surface area contributed by atoms with Crippen molar-refractivity contribution in [3.8, 4) is 0 Å².